The Labute approximate surface area is 173 Å². The number of rotatable bonds is 7. The lowest BCUT2D eigenvalue weighted by Crippen LogP contribution is -2.46. The number of para-hydroxylation sites is 2. The lowest BCUT2D eigenvalue weighted by Gasteiger charge is -2.32. The van der Waals surface area contributed by atoms with Gasteiger partial charge in [0.2, 0.25) is 5.91 Å². The number of benzene rings is 1. The second-order valence-electron chi connectivity index (χ2n) is 8.22. The molecule has 0 spiro atoms. The molecule has 0 radical (unpaired) electrons. The van der Waals surface area contributed by atoms with Crippen molar-refractivity contribution in [2.24, 2.45) is 0 Å². The van der Waals surface area contributed by atoms with Gasteiger partial charge in [-0.3, -0.25) is 9.78 Å². The first-order valence-corrected chi connectivity index (χ1v) is 10.7. The highest BCUT2D eigenvalue weighted by atomic mass is 16.1. The van der Waals surface area contributed by atoms with Gasteiger partial charge in [-0.2, -0.15) is 0 Å². The normalized spacial score (nSPS) is 18.0. The third-order valence-corrected chi connectivity index (χ3v) is 6.14. The number of fused-ring (bicyclic) bond motifs is 1. The minimum absolute atomic E-state index is 0.0144. The van der Waals surface area contributed by atoms with Gasteiger partial charge in [0.15, 0.2) is 5.66 Å². The molecule has 1 aromatic heterocycles. The van der Waals surface area contributed by atoms with Gasteiger partial charge in [0, 0.05) is 25.3 Å². The summed E-state index contributed by atoms with van der Waals surface area (Å²) in [5, 5.41) is 10.1. The molecule has 1 amide bonds. The Balaban J connectivity index is 1.38. The maximum atomic E-state index is 12.8. The Morgan fingerprint density at radius 2 is 1.79 bits per heavy atom. The first kappa shape index (κ1) is 19.7. The van der Waals surface area contributed by atoms with E-state index in [2.05, 4.69) is 32.9 Å². The third kappa shape index (κ3) is 4.53. The first-order chi connectivity index (χ1) is 14.2. The van der Waals surface area contributed by atoms with Gasteiger partial charge in [-0.15, -0.1) is 0 Å². The number of hydrogen-bond acceptors (Lipinski definition) is 5. The van der Waals surface area contributed by atoms with Crippen molar-refractivity contribution in [2.75, 3.05) is 30.8 Å². The Bertz CT molecular complexity index is 794. The molecule has 1 aliphatic carbocycles. The van der Waals surface area contributed by atoms with Crippen LogP contribution in [0.15, 0.2) is 48.7 Å². The lowest BCUT2D eigenvalue weighted by atomic mass is 9.94. The zero-order chi connectivity index (χ0) is 20.1. The van der Waals surface area contributed by atoms with Gasteiger partial charge in [-0.05, 0) is 44.2 Å². The molecule has 1 saturated carbocycles. The largest absolute Gasteiger partial charge is 0.356 e. The highest BCUT2D eigenvalue weighted by Crippen LogP contribution is 2.40. The molecule has 2 aromatic rings. The quantitative estimate of drug-likeness (QED) is 0.671. The number of amides is 1. The molecule has 0 bridgehead atoms. The summed E-state index contributed by atoms with van der Waals surface area (Å²) in [5.74, 6) is 0.0144. The fourth-order valence-electron chi connectivity index (χ4n) is 4.49. The van der Waals surface area contributed by atoms with Crippen molar-refractivity contribution in [2.45, 2.75) is 50.2 Å². The van der Waals surface area contributed by atoms with E-state index in [-0.39, 0.29) is 12.3 Å². The van der Waals surface area contributed by atoms with E-state index in [1.54, 1.807) is 6.20 Å². The number of nitrogens with zero attached hydrogens (tertiary/aromatic N) is 2. The standard InChI is InChI=1S/C23H31N5O/c1-28(18-9-3-2-4-10-18)16-15-25-22(29)17-23(21-13-7-8-14-24-21)26-19-11-5-6-12-20(19)27-23/h5-8,11-14,18,26-27H,2-4,9-10,15-17H2,1H3,(H,25,29). The maximum absolute atomic E-state index is 12.8. The third-order valence-electron chi connectivity index (χ3n) is 6.14. The predicted octanol–water partition coefficient (Wildman–Crippen LogP) is 3.54. The Kier molecular flexibility index (Phi) is 6.00. The van der Waals surface area contributed by atoms with E-state index in [0.29, 0.717) is 12.6 Å². The van der Waals surface area contributed by atoms with E-state index < -0.39 is 5.66 Å². The van der Waals surface area contributed by atoms with E-state index in [0.717, 1.165) is 23.6 Å². The molecule has 0 unspecified atom stereocenters. The average Bonchev–Trinajstić information content (AvgIpc) is 3.14. The second kappa shape index (κ2) is 8.82. The molecule has 6 heteroatoms. The van der Waals surface area contributed by atoms with E-state index >= 15 is 0 Å². The summed E-state index contributed by atoms with van der Waals surface area (Å²) in [4.78, 5) is 19.8. The Morgan fingerprint density at radius 3 is 2.45 bits per heavy atom. The lowest BCUT2D eigenvalue weighted by molar-refractivity contribution is -0.122. The van der Waals surface area contributed by atoms with Crippen LogP contribution in [0.4, 0.5) is 11.4 Å². The van der Waals surface area contributed by atoms with Gasteiger partial charge in [0.05, 0.1) is 23.5 Å². The fraction of sp³-hybridized carbons (Fsp3) is 0.478. The summed E-state index contributed by atoms with van der Waals surface area (Å²) in [7, 11) is 2.17. The van der Waals surface area contributed by atoms with Crippen molar-refractivity contribution < 1.29 is 4.79 Å². The zero-order valence-corrected chi connectivity index (χ0v) is 17.2. The minimum Gasteiger partial charge on any atom is -0.356 e. The van der Waals surface area contributed by atoms with Gasteiger partial charge in [-0.25, -0.2) is 0 Å². The molecular formula is C23H31N5O. The number of pyridine rings is 1. The second-order valence-corrected chi connectivity index (χ2v) is 8.22. The summed E-state index contributed by atoms with van der Waals surface area (Å²) in [6, 6.07) is 14.5. The molecule has 2 aliphatic rings. The van der Waals surface area contributed by atoms with Crippen LogP contribution < -0.4 is 16.0 Å². The van der Waals surface area contributed by atoms with Crippen LogP contribution in [0.2, 0.25) is 0 Å². The van der Waals surface area contributed by atoms with Crippen molar-refractivity contribution in [3.63, 3.8) is 0 Å². The van der Waals surface area contributed by atoms with Gasteiger partial charge in [-0.1, -0.05) is 37.5 Å². The minimum atomic E-state index is -0.732. The first-order valence-electron chi connectivity index (χ1n) is 10.7. The van der Waals surface area contributed by atoms with Gasteiger partial charge in [0.25, 0.3) is 0 Å². The number of aromatic nitrogens is 1. The van der Waals surface area contributed by atoms with Crippen LogP contribution >= 0.6 is 0 Å². The topological polar surface area (TPSA) is 69.3 Å². The van der Waals surface area contributed by atoms with Crippen LogP contribution in [-0.2, 0) is 10.5 Å². The van der Waals surface area contributed by atoms with Crippen LogP contribution in [0.25, 0.3) is 0 Å². The summed E-state index contributed by atoms with van der Waals surface area (Å²) >= 11 is 0. The molecule has 1 aromatic carbocycles. The number of carbonyl (C=O) groups excluding carboxylic acids is 1. The highest BCUT2D eigenvalue weighted by molar-refractivity contribution is 5.83. The van der Waals surface area contributed by atoms with Gasteiger partial charge in [0.1, 0.15) is 0 Å². The molecule has 29 heavy (non-hydrogen) atoms. The molecule has 0 saturated heterocycles. The molecule has 0 atom stereocenters. The maximum Gasteiger partial charge on any atom is 0.224 e. The smallest absolute Gasteiger partial charge is 0.224 e. The van der Waals surface area contributed by atoms with Crippen LogP contribution in [0.1, 0.15) is 44.2 Å². The molecule has 4 rings (SSSR count). The summed E-state index contributed by atoms with van der Waals surface area (Å²) in [5.41, 5.74) is 2.06. The van der Waals surface area contributed by atoms with Crippen molar-refractivity contribution in [3.05, 3.63) is 54.4 Å². The van der Waals surface area contributed by atoms with Crippen molar-refractivity contribution in [1.29, 1.82) is 0 Å². The average molecular weight is 394 g/mol. The summed E-state index contributed by atoms with van der Waals surface area (Å²) < 4.78 is 0. The van der Waals surface area contributed by atoms with Crippen molar-refractivity contribution >= 4 is 17.3 Å². The molecular weight excluding hydrogens is 362 g/mol. The molecule has 3 N–H and O–H groups in total. The SMILES string of the molecule is CN(CCNC(=O)CC1(c2ccccn2)Nc2ccccc2N1)C1CCCCC1. The molecule has 1 fully saturated rings. The van der Waals surface area contributed by atoms with E-state index in [4.69, 9.17) is 0 Å². The Morgan fingerprint density at radius 1 is 1.10 bits per heavy atom. The van der Waals surface area contributed by atoms with Crippen molar-refractivity contribution in [3.8, 4) is 0 Å². The van der Waals surface area contributed by atoms with Gasteiger partial charge >= 0.3 is 0 Å². The summed E-state index contributed by atoms with van der Waals surface area (Å²) in [6.45, 7) is 1.55. The molecule has 2 heterocycles. The number of hydrogen-bond donors (Lipinski definition) is 3. The van der Waals surface area contributed by atoms with Crippen LogP contribution in [0.3, 0.4) is 0 Å². The van der Waals surface area contributed by atoms with Gasteiger partial charge < -0.3 is 20.9 Å². The number of likely N-dealkylation sites (N-methyl/N-ethyl adjacent to an activating group) is 1. The molecule has 154 valence electrons. The van der Waals surface area contributed by atoms with E-state index in [1.807, 2.05) is 42.5 Å². The van der Waals surface area contributed by atoms with Crippen LogP contribution in [0, 0.1) is 0 Å². The molecule has 6 nitrogen and oxygen atoms in total. The van der Waals surface area contributed by atoms with E-state index in [9.17, 15) is 4.79 Å². The van der Waals surface area contributed by atoms with Crippen LogP contribution in [-0.4, -0.2) is 42.0 Å². The number of nitrogens with one attached hydrogen (secondary N) is 3. The predicted molar refractivity (Wildman–Crippen MR) is 117 cm³/mol. The molecule has 1 aliphatic heterocycles. The fourth-order valence-corrected chi connectivity index (χ4v) is 4.49. The monoisotopic (exact) mass is 393 g/mol. The number of carbonyl (C=O) groups is 1. The zero-order valence-electron chi connectivity index (χ0n) is 17.2. The number of anilines is 2. The van der Waals surface area contributed by atoms with Crippen LogP contribution in [0.5, 0.6) is 0 Å². The van der Waals surface area contributed by atoms with Crippen molar-refractivity contribution in [1.82, 2.24) is 15.2 Å². The highest BCUT2D eigenvalue weighted by Gasteiger charge is 2.41. The Hall–Kier alpha value is -2.60. The summed E-state index contributed by atoms with van der Waals surface area (Å²) in [6.07, 6.45) is 8.60. The van der Waals surface area contributed by atoms with E-state index in [1.165, 1.54) is 32.1 Å².